The molecular formula is C15H22FN3O. The van der Waals surface area contributed by atoms with Crippen molar-refractivity contribution in [3.63, 3.8) is 0 Å². The van der Waals surface area contributed by atoms with Crippen LogP contribution < -0.4 is 10.6 Å². The molecule has 0 aromatic heterocycles. The van der Waals surface area contributed by atoms with E-state index in [0.29, 0.717) is 5.92 Å². The maximum absolute atomic E-state index is 13.5. The van der Waals surface area contributed by atoms with Crippen molar-refractivity contribution in [1.82, 2.24) is 4.90 Å². The monoisotopic (exact) mass is 279 g/mol. The molecule has 0 radical (unpaired) electrons. The van der Waals surface area contributed by atoms with E-state index in [0.717, 1.165) is 25.3 Å². The zero-order valence-corrected chi connectivity index (χ0v) is 12.1. The number of amides is 1. The zero-order valence-electron chi connectivity index (χ0n) is 12.1. The standard InChI is InChI=1S/C15H22FN3O/c1-11(20)18-15-9-13(3-4-14(15)16)17-10-12-5-7-19(2)8-6-12/h3-4,9,12,17H,5-8,10H2,1-2H3,(H,18,20). The number of piperidine rings is 1. The quantitative estimate of drug-likeness (QED) is 0.890. The molecule has 1 amide bonds. The van der Waals surface area contributed by atoms with Gasteiger partial charge in [0, 0.05) is 19.2 Å². The number of nitrogens with zero attached hydrogens (tertiary/aromatic N) is 1. The highest BCUT2D eigenvalue weighted by Crippen LogP contribution is 2.21. The van der Waals surface area contributed by atoms with Gasteiger partial charge in [0.1, 0.15) is 5.82 Å². The Hall–Kier alpha value is -1.62. The summed E-state index contributed by atoms with van der Waals surface area (Å²) in [6, 6.07) is 4.73. The number of likely N-dealkylation sites (tertiary alicyclic amines) is 1. The number of halogens is 1. The van der Waals surface area contributed by atoms with Gasteiger partial charge in [0.25, 0.3) is 0 Å². The first-order chi connectivity index (χ1) is 9.54. The summed E-state index contributed by atoms with van der Waals surface area (Å²) in [4.78, 5) is 13.3. The minimum Gasteiger partial charge on any atom is -0.385 e. The number of hydrogen-bond donors (Lipinski definition) is 2. The molecular weight excluding hydrogens is 257 g/mol. The second kappa shape index (κ2) is 6.70. The van der Waals surface area contributed by atoms with Crippen LogP contribution in [0.4, 0.5) is 15.8 Å². The fourth-order valence-corrected chi connectivity index (χ4v) is 2.45. The van der Waals surface area contributed by atoms with E-state index < -0.39 is 5.82 Å². The van der Waals surface area contributed by atoms with Gasteiger partial charge in [-0.1, -0.05) is 0 Å². The molecule has 2 N–H and O–H groups in total. The van der Waals surface area contributed by atoms with Crippen LogP contribution in [-0.4, -0.2) is 37.5 Å². The Balaban J connectivity index is 1.91. The number of carbonyl (C=O) groups excluding carboxylic acids is 1. The van der Waals surface area contributed by atoms with Crippen LogP contribution in [0.25, 0.3) is 0 Å². The molecule has 1 saturated heterocycles. The van der Waals surface area contributed by atoms with Gasteiger partial charge in [-0.15, -0.1) is 0 Å². The molecule has 1 fully saturated rings. The van der Waals surface area contributed by atoms with Gasteiger partial charge in [0.05, 0.1) is 5.69 Å². The summed E-state index contributed by atoms with van der Waals surface area (Å²) < 4.78 is 13.5. The summed E-state index contributed by atoms with van der Waals surface area (Å²) in [5, 5.41) is 5.83. The first-order valence-corrected chi connectivity index (χ1v) is 7.04. The first-order valence-electron chi connectivity index (χ1n) is 7.04. The summed E-state index contributed by atoms with van der Waals surface area (Å²) in [5.41, 5.74) is 1.07. The minimum absolute atomic E-state index is 0.228. The van der Waals surface area contributed by atoms with Crippen molar-refractivity contribution in [2.45, 2.75) is 19.8 Å². The molecule has 1 aliphatic heterocycles. The molecule has 1 heterocycles. The van der Waals surface area contributed by atoms with E-state index in [4.69, 9.17) is 0 Å². The van der Waals surface area contributed by atoms with Crippen LogP contribution in [0.2, 0.25) is 0 Å². The largest absolute Gasteiger partial charge is 0.385 e. The van der Waals surface area contributed by atoms with Crippen LogP contribution in [0.1, 0.15) is 19.8 Å². The predicted octanol–water partition coefficient (Wildman–Crippen LogP) is 2.54. The lowest BCUT2D eigenvalue weighted by Crippen LogP contribution is -2.32. The van der Waals surface area contributed by atoms with Crippen LogP contribution in [0, 0.1) is 11.7 Å². The molecule has 1 aromatic rings. The highest BCUT2D eigenvalue weighted by molar-refractivity contribution is 5.89. The fraction of sp³-hybridized carbons (Fsp3) is 0.533. The first kappa shape index (κ1) is 14.8. The smallest absolute Gasteiger partial charge is 0.221 e. The fourth-order valence-electron chi connectivity index (χ4n) is 2.45. The normalized spacial score (nSPS) is 16.9. The Morgan fingerprint density at radius 1 is 1.40 bits per heavy atom. The van der Waals surface area contributed by atoms with Crippen molar-refractivity contribution in [3.05, 3.63) is 24.0 Å². The Kier molecular flexibility index (Phi) is 4.95. The lowest BCUT2D eigenvalue weighted by Gasteiger charge is -2.29. The molecule has 4 nitrogen and oxygen atoms in total. The van der Waals surface area contributed by atoms with Gasteiger partial charge in [-0.25, -0.2) is 4.39 Å². The van der Waals surface area contributed by atoms with E-state index in [9.17, 15) is 9.18 Å². The van der Waals surface area contributed by atoms with E-state index in [2.05, 4.69) is 22.6 Å². The average Bonchev–Trinajstić information content (AvgIpc) is 2.41. The third-order valence-electron chi connectivity index (χ3n) is 3.71. The molecule has 0 saturated carbocycles. The van der Waals surface area contributed by atoms with E-state index in [1.807, 2.05) is 0 Å². The number of anilines is 2. The summed E-state index contributed by atoms with van der Waals surface area (Å²) >= 11 is 0. The molecule has 20 heavy (non-hydrogen) atoms. The van der Waals surface area contributed by atoms with Crippen molar-refractivity contribution in [1.29, 1.82) is 0 Å². The van der Waals surface area contributed by atoms with Crippen molar-refractivity contribution in [2.75, 3.05) is 37.3 Å². The second-order valence-corrected chi connectivity index (χ2v) is 5.50. The van der Waals surface area contributed by atoms with Gasteiger partial charge in [-0.2, -0.15) is 0 Å². The van der Waals surface area contributed by atoms with E-state index in [1.54, 1.807) is 12.1 Å². The highest BCUT2D eigenvalue weighted by Gasteiger charge is 2.16. The van der Waals surface area contributed by atoms with E-state index >= 15 is 0 Å². The number of rotatable bonds is 4. The lowest BCUT2D eigenvalue weighted by molar-refractivity contribution is -0.114. The van der Waals surface area contributed by atoms with Gasteiger partial charge in [0.15, 0.2) is 0 Å². The van der Waals surface area contributed by atoms with Gasteiger partial charge < -0.3 is 15.5 Å². The molecule has 0 bridgehead atoms. The molecule has 0 spiro atoms. The topological polar surface area (TPSA) is 44.4 Å². The summed E-state index contributed by atoms with van der Waals surface area (Å²) in [6.07, 6.45) is 2.37. The molecule has 0 atom stereocenters. The molecule has 2 rings (SSSR count). The summed E-state index contributed by atoms with van der Waals surface area (Å²) in [5.74, 6) is -0.0260. The third kappa shape index (κ3) is 4.20. The van der Waals surface area contributed by atoms with E-state index in [1.165, 1.54) is 25.8 Å². The van der Waals surface area contributed by atoms with Crippen molar-refractivity contribution >= 4 is 17.3 Å². The van der Waals surface area contributed by atoms with Crippen molar-refractivity contribution in [2.24, 2.45) is 5.92 Å². The van der Waals surface area contributed by atoms with Crippen LogP contribution in [0.3, 0.4) is 0 Å². The highest BCUT2D eigenvalue weighted by atomic mass is 19.1. The maximum atomic E-state index is 13.5. The van der Waals surface area contributed by atoms with Gasteiger partial charge >= 0.3 is 0 Å². The predicted molar refractivity (Wildman–Crippen MR) is 79.4 cm³/mol. The van der Waals surface area contributed by atoms with Crippen LogP contribution in [0.5, 0.6) is 0 Å². The summed E-state index contributed by atoms with van der Waals surface area (Å²) in [6.45, 7) is 4.52. The second-order valence-electron chi connectivity index (χ2n) is 5.50. The zero-order chi connectivity index (χ0) is 14.5. The van der Waals surface area contributed by atoms with Crippen LogP contribution in [0.15, 0.2) is 18.2 Å². The van der Waals surface area contributed by atoms with Gasteiger partial charge in [-0.05, 0) is 57.1 Å². The molecule has 0 unspecified atom stereocenters. The SMILES string of the molecule is CC(=O)Nc1cc(NCC2CCN(C)CC2)ccc1F. The van der Waals surface area contributed by atoms with Crippen molar-refractivity contribution < 1.29 is 9.18 Å². The average molecular weight is 279 g/mol. The Bertz CT molecular complexity index is 470. The number of hydrogen-bond acceptors (Lipinski definition) is 3. The lowest BCUT2D eigenvalue weighted by atomic mass is 9.97. The summed E-state index contributed by atoms with van der Waals surface area (Å²) in [7, 11) is 2.14. The van der Waals surface area contributed by atoms with E-state index in [-0.39, 0.29) is 11.6 Å². The molecule has 1 aromatic carbocycles. The van der Waals surface area contributed by atoms with Crippen LogP contribution >= 0.6 is 0 Å². The maximum Gasteiger partial charge on any atom is 0.221 e. The minimum atomic E-state index is -0.412. The third-order valence-corrected chi connectivity index (χ3v) is 3.71. The van der Waals surface area contributed by atoms with Gasteiger partial charge in [-0.3, -0.25) is 4.79 Å². The van der Waals surface area contributed by atoms with Crippen molar-refractivity contribution in [3.8, 4) is 0 Å². The van der Waals surface area contributed by atoms with Gasteiger partial charge in [0.2, 0.25) is 5.91 Å². The molecule has 5 heteroatoms. The molecule has 0 aliphatic carbocycles. The van der Waals surface area contributed by atoms with Crippen LogP contribution in [-0.2, 0) is 4.79 Å². The Labute approximate surface area is 119 Å². The number of nitrogens with one attached hydrogen (secondary N) is 2. The number of carbonyl (C=O) groups is 1. The molecule has 1 aliphatic rings. The Morgan fingerprint density at radius 3 is 2.75 bits per heavy atom. The Morgan fingerprint density at radius 2 is 2.10 bits per heavy atom. The molecule has 110 valence electrons. The number of benzene rings is 1.